The summed E-state index contributed by atoms with van der Waals surface area (Å²) in [6.45, 7) is 10.8. The number of carbonyl (C=O) groups is 2. The lowest BCUT2D eigenvalue weighted by molar-refractivity contribution is -0.122. The lowest BCUT2D eigenvalue weighted by atomic mass is 9.87. The molecule has 2 aromatic carbocycles. The average molecular weight is 395 g/mol. The van der Waals surface area contributed by atoms with Crippen LogP contribution in [0.1, 0.15) is 46.6 Å². The van der Waals surface area contributed by atoms with Crippen molar-refractivity contribution in [1.82, 2.24) is 0 Å². The van der Waals surface area contributed by atoms with Gasteiger partial charge < -0.3 is 15.0 Å². The molecule has 1 aliphatic rings. The van der Waals surface area contributed by atoms with Crippen LogP contribution in [0.3, 0.4) is 0 Å². The summed E-state index contributed by atoms with van der Waals surface area (Å²) in [5, 5.41) is 2.95. The van der Waals surface area contributed by atoms with Gasteiger partial charge in [0.25, 0.3) is 0 Å². The molecule has 1 heterocycles. The van der Waals surface area contributed by atoms with E-state index in [4.69, 9.17) is 4.74 Å². The van der Waals surface area contributed by atoms with E-state index in [1.165, 1.54) is 5.56 Å². The minimum absolute atomic E-state index is 0.0363. The van der Waals surface area contributed by atoms with Gasteiger partial charge in [-0.25, -0.2) is 0 Å². The summed E-state index contributed by atoms with van der Waals surface area (Å²) in [7, 11) is 0. The Hall–Kier alpha value is -2.82. The molecule has 0 saturated carbocycles. The average Bonchev–Trinajstić information content (AvgIpc) is 3.03. The Morgan fingerprint density at radius 1 is 1.07 bits per heavy atom. The van der Waals surface area contributed by atoms with Gasteiger partial charge in [-0.15, -0.1) is 0 Å². The number of hydrogen-bond donors (Lipinski definition) is 1. The minimum atomic E-state index is -0.364. The van der Waals surface area contributed by atoms with E-state index in [9.17, 15) is 9.59 Å². The van der Waals surface area contributed by atoms with Crippen LogP contribution < -0.4 is 15.0 Å². The van der Waals surface area contributed by atoms with Crippen LogP contribution in [-0.4, -0.2) is 24.5 Å². The van der Waals surface area contributed by atoms with Crippen molar-refractivity contribution in [3.63, 3.8) is 0 Å². The van der Waals surface area contributed by atoms with E-state index in [1.807, 2.05) is 62.4 Å². The molecular formula is C24H30N2O3. The molecule has 2 amide bonds. The molecule has 0 radical (unpaired) electrons. The van der Waals surface area contributed by atoms with Gasteiger partial charge >= 0.3 is 0 Å². The maximum atomic E-state index is 12.7. The van der Waals surface area contributed by atoms with Crippen LogP contribution in [0, 0.1) is 5.92 Å². The number of benzene rings is 2. The monoisotopic (exact) mass is 394 g/mol. The van der Waals surface area contributed by atoms with Gasteiger partial charge in [-0.1, -0.05) is 32.9 Å². The van der Waals surface area contributed by atoms with Crippen LogP contribution in [0.15, 0.2) is 48.5 Å². The number of nitrogens with zero attached hydrogens (tertiary/aromatic N) is 1. The van der Waals surface area contributed by atoms with E-state index >= 15 is 0 Å². The minimum Gasteiger partial charge on any atom is -0.491 e. The quantitative estimate of drug-likeness (QED) is 0.795. The van der Waals surface area contributed by atoms with Crippen molar-refractivity contribution in [1.29, 1.82) is 0 Å². The van der Waals surface area contributed by atoms with Crippen molar-refractivity contribution >= 4 is 23.2 Å². The third-order valence-corrected chi connectivity index (χ3v) is 5.03. The molecule has 1 unspecified atom stereocenters. The van der Waals surface area contributed by atoms with Gasteiger partial charge in [0.15, 0.2) is 0 Å². The molecule has 154 valence electrons. The molecule has 0 aromatic heterocycles. The Morgan fingerprint density at radius 3 is 2.24 bits per heavy atom. The number of rotatable bonds is 5. The van der Waals surface area contributed by atoms with Crippen molar-refractivity contribution < 1.29 is 14.3 Å². The van der Waals surface area contributed by atoms with E-state index in [1.54, 1.807) is 4.90 Å². The van der Waals surface area contributed by atoms with Gasteiger partial charge in [-0.05, 0) is 61.2 Å². The molecule has 1 atom stereocenters. The van der Waals surface area contributed by atoms with Gasteiger partial charge in [-0.3, -0.25) is 9.59 Å². The lowest BCUT2D eigenvalue weighted by Gasteiger charge is -2.19. The van der Waals surface area contributed by atoms with E-state index in [2.05, 4.69) is 26.1 Å². The van der Waals surface area contributed by atoms with Crippen LogP contribution >= 0.6 is 0 Å². The van der Waals surface area contributed by atoms with Gasteiger partial charge in [0.2, 0.25) is 11.8 Å². The fourth-order valence-electron chi connectivity index (χ4n) is 3.41. The zero-order valence-corrected chi connectivity index (χ0v) is 17.9. The normalized spacial score (nSPS) is 17.0. The zero-order valence-electron chi connectivity index (χ0n) is 17.9. The number of amides is 2. The maximum absolute atomic E-state index is 12.7. The number of hydrogen-bond acceptors (Lipinski definition) is 3. The Kier molecular flexibility index (Phi) is 5.96. The summed E-state index contributed by atoms with van der Waals surface area (Å²) in [4.78, 5) is 26.8. The molecule has 0 spiro atoms. The Morgan fingerprint density at radius 2 is 1.69 bits per heavy atom. The molecule has 1 fully saturated rings. The van der Waals surface area contributed by atoms with Crippen molar-refractivity contribution in [2.75, 3.05) is 16.8 Å². The summed E-state index contributed by atoms with van der Waals surface area (Å²) in [5.74, 6) is 0.245. The second kappa shape index (κ2) is 8.27. The molecule has 0 aliphatic carbocycles. The number of nitrogens with one attached hydrogen (secondary N) is 1. The summed E-state index contributed by atoms with van der Waals surface area (Å²) >= 11 is 0. The predicted octanol–water partition coefficient (Wildman–Crippen LogP) is 4.76. The van der Waals surface area contributed by atoms with Crippen LogP contribution in [0.2, 0.25) is 0 Å². The molecule has 1 aliphatic heterocycles. The molecule has 1 N–H and O–H groups in total. The lowest BCUT2D eigenvalue weighted by Crippen LogP contribution is -2.28. The van der Waals surface area contributed by atoms with Crippen molar-refractivity contribution in [2.24, 2.45) is 5.92 Å². The highest BCUT2D eigenvalue weighted by atomic mass is 16.5. The summed E-state index contributed by atoms with van der Waals surface area (Å²) in [6.07, 6.45) is 0.315. The fraction of sp³-hybridized carbons (Fsp3) is 0.417. The van der Waals surface area contributed by atoms with Crippen LogP contribution in [0.5, 0.6) is 5.75 Å². The fourth-order valence-corrected chi connectivity index (χ4v) is 3.41. The summed E-state index contributed by atoms with van der Waals surface area (Å²) in [6, 6.07) is 15.3. The zero-order chi connectivity index (χ0) is 21.2. The Labute approximate surface area is 173 Å². The van der Waals surface area contributed by atoms with Gasteiger partial charge in [0.05, 0.1) is 12.0 Å². The number of carbonyl (C=O) groups excluding carboxylic acids is 2. The summed E-state index contributed by atoms with van der Waals surface area (Å²) in [5.41, 5.74) is 2.82. The molecule has 3 rings (SSSR count). The predicted molar refractivity (Wildman–Crippen MR) is 116 cm³/mol. The smallest absolute Gasteiger partial charge is 0.229 e. The van der Waals surface area contributed by atoms with Crippen LogP contribution in [0.25, 0.3) is 0 Å². The topological polar surface area (TPSA) is 58.6 Å². The number of ether oxygens (including phenoxy) is 1. The largest absolute Gasteiger partial charge is 0.491 e. The first-order valence-corrected chi connectivity index (χ1v) is 10.1. The van der Waals surface area contributed by atoms with Crippen molar-refractivity contribution in [2.45, 2.75) is 52.6 Å². The highest BCUT2D eigenvalue weighted by Gasteiger charge is 2.35. The second-order valence-electron chi connectivity index (χ2n) is 8.88. The van der Waals surface area contributed by atoms with Crippen molar-refractivity contribution in [3.8, 4) is 5.75 Å². The van der Waals surface area contributed by atoms with Crippen LogP contribution in [-0.2, 0) is 15.0 Å². The van der Waals surface area contributed by atoms with E-state index in [0.29, 0.717) is 6.54 Å². The van der Waals surface area contributed by atoms with Gasteiger partial charge in [0, 0.05) is 24.3 Å². The molecule has 5 nitrogen and oxygen atoms in total. The highest BCUT2D eigenvalue weighted by Crippen LogP contribution is 2.28. The molecular weight excluding hydrogens is 364 g/mol. The van der Waals surface area contributed by atoms with Gasteiger partial charge in [-0.2, -0.15) is 0 Å². The Balaban J connectivity index is 1.62. The maximum Gasteiger partial charge on any atom is 0.229 e. The highest BCUT2D eigenvalue weighted by molar-refractivity contribution is 6.03. The number of anilines is 2. The third kappa shape index (κ3) is 5.17. The molecule has 2 aromatic rings. The molecule has 29 heavy (non-hydrogen) atoms. The first-order valence-electron chi connectivity index (χ1n) is 10.1. The molecule has 1 saturated heterocycles. The first-order chi connectivity index (χ1) is 13.6. The molecule has 5 heteroatoms. The standard InChI is InChI=1S/C24H30N2O3/c1-16(2)29-21-12-10-20(11-13-21)26-15-17(14-22(26)27)23(28)25-19-8-6-18(7-9-19)24(3,4)5/h6-13,16-17H,14-15H2,1-5H3,(H,25,28). The van der Waals surface area contributed by atoms with Crippen LogP contribution in [0.4, 0.5) is 11.4 Å². The summed E-state index contributed by atoms with van der Waals surface area (Å²) < 4.78 is 5.65. The van der Waals surface area contributed by atoms with Crippen molar-refractivity contribution in [3.05, 3.63) is 54.1 Å². The first kappa shape index (κ1) is 20.9. The third-order valence-electron chi connectivity index (χ3n) is 5.03. The Bertz CT molecular complexity index is 864. The van der Waals surface area contributed by atoms with E-state index < -0.39 is 0 Å². The molecule has 0 bridgehead atoms. The van der Waals surface area contributed by atoms with Gasteiger partial charge in [0.1, 0.15) is 5.75 Å². The second-order valence-corrected chi connectivity index (χ2v) is 8.88. The SMILES string of the molecule is CC(C)Oc1ccc(N2CC(C(=O)Nc3ccc(C(C)(C)C)cc3)CC2=O)cc1. The van der Waals surface area contributed by atoms with E-state index in [0.717, 1.165) is 17.1 Å². The van der Waals surface area contributed by atoms with E-state index in [-0.39, 0.29) is 35.7 Å².